The SMILES string of the molecule is c1ccc(C2CCC3C(C2)B2C4CCCCC4N4C5CCCC6CC7CCC8CC9CCC%10CC%11CCCC%12C%11N%11C%10C9B9C8C7N(C65)C5C9C%11C(C2C54)N3%12)nc1. The molecule has 9 saturated heterocycles. The molecule has 5 nitrogen and oxygen atoms in total. The summed E-state index contributed by atoms with van der Waals surface area (Å²) in [5, 5.41) is 0. The Bertz CT molecular complexity index is 1820. The highest BCUT2D eigenvalue weighted by Crippen LogP contribution is 2.77. The van der Waals surface area contributed by atoms with Crippen molar-refractivity contribution in [3.63, 3.8) is 0 Å². The Morgan fingerprint density at radius 1 is 0.404 bits per heavy atom. The van der Waals surface area contributed by atoms with Crippen molar-refractivity contribution < 1.29 is 0 Å². The molecule has 7 heteroatoms. The number of nitrogens with zero attached hydrogens (tertiary/aromatic N) is 5. The van der Waals surface area contributed by atoms with Gasteiger partial charge in [-0.1, -0.05) is 51.0 Å². The summed E-state index contributed by atoms with van der Waals surface area (Å²) in [4.78, 5) is 19.7. The highest BCUT2D eigenvalue weighted by molar-refractivity contribution is 6.67. The first-order valence-corrected chi connectivity index (χ1v) is 26.3. The topological polar surface area (TPSA) is 25.9 Å². The molecule has 17 rings (SSSR count). The summed E-state index contributed by atoms with van der Waals surface area (Å²) < 4.78 is 0. The fraction of sp³-hybridized carbons (Fsp3) is 0.900. The van der Waals surface area contributed by atoms with Crippen LogP contribution < -0.4 is 0 Å². The lowest BCUT2D eigenvalue weighted by Gasteiger charge is -2.86. The predicted molar refractivity (Wildman–Crippen MR) is 227 cm³/mol. The minimum Gasteiger partial charge on any atom is -0.292 e. The van der Waals surface area contributed by atoms with Gasteiger partial charge in [-0.3, -0.25) is 24.6 Å². The van der Waals surface area contributed by atoms with Crippen molar-refractivity contribution >= 4 is 13.4 Å². The monoisotopic (exact) mass is 762 g/mol. The Hall–Kier alpha value is -0.880. The molecule has 25 atom stereocenters. The van der Waals surface area contributed by atoms with Gasteiger partial charge in [-0.2, -0.15) is 0 Å². The number of piperazine rings is 2. The Morgan fingerprint density at radius 2 is 0.965 bits per heavy atom. The average molecular weight is 762 g/mol. The van der Waals surface area contributed by atoms with Crippen molar-refractivity contribution in [1.82, 2.24) is 24.6 Å². The van der Waals surface area contributed by atoms with Crippen molar-refractivity contribution in [3.8, 4) is 0 Å². The summed E-state index contributed by atoms with van der Waals surface area (Å²) in [6.07, 6.45) is 33.2. The third-order valence-electron chi connectivity index (χ3n) is 24.5. The molecule has 16 fully saturated rings. The van der Waals surface area contributed by atoms with Crippen LogP contribution >= 0.6 is 0 Å². The highest BCUT2D eigenvalue weighted by atomic mass is 15.5. The minimum absolute atomic E-state index is 0.681. The van der Waals surface area contributed by atoms with Crippen LogP contribution in [0, 0.1) is 35.5 Å². The van der Waals surface area contributed by atoms with Gasteiger partial charge < -0.3 is 0 Å². The molecular weight excluding hydrogens is 692 g/mol. The Labute approximate surface area is 344 Å². The van der Waals surface area contributed by atoms with E-state index in [1.165, 1.54) is 57.1 Å². The lowest BCUT2D eigenvalue weighted by Crippen LogP contribution is -2.94. The third kappa shape index (κ3) is 3.70. The maximum Gasteiger partial charge on any atom is 0.157 e. The lowest BCUT2D eigenvalue weighted by atomic mass is 9.10. The van der Waals surface area contributed by atoms with E-state index in [1.807, 2.05) is 0 Å². The highest BCUT2D eigenvalue weighted by Gasteiger charge is 2.82. The molecule has 0 radical (unpaired) electrons. The molecule has 7 saturated carbocycles. The standard InChI is InChI=1S/C50H69B2N5/c1-2-11-35-32(9-1)51-33-24-25(34-10-3-4-20-53-34)18-19-36(33)55-38-13-6-8-29-23-31-17-15-27-21-26-14-16-30-22-28-7-5-12-37-43(28)56-45(30)39(26)52-40(27)46(31)57(44(29)38)50-42(52)49(56)47(54(35)37)41(51)48(50)55/h3-4,10,20,25-33,35-50H,1-2,5-9,11-19,21-24H2. The van der Waals surface area contributed by atoms with Crippen LogP contribution in [0.5, 0.6) is 0 Å². The maximum absolute atomic E-state index is 5.14. The normalized spacial score (nSPS) is 61.9. The van der Waals surface area contributed by atoms with E-state index in [1.54, 1.807) is 77.0 Å². The quantitative estimate of drug-likeness (QED) is 0.267. The van der Waals surface area contributed by atoms with Gasteiger partial charge in [0.05, 0.1) is 0 Å². The van der Waals surface area contributed by atoms with E-state index in [-0.39, 0.29) is 0 Å². The minimum atomic E-state index is 0.681. The predicted octanol–water partition coefficient (Wildman–Crippen LogP) is 8.72. The summed E-state index contributed by atoms with van der Waals surface area (Å²) >= 11 is 0. The van der Waals surface area contributed by atoms with E-state index in [4.69, 9.17) is 4.98 Å². The number of piperidine rings is 2. The van der Waals surface area contributed by atoms with Crippen LogP contribution in [0.1, 0.15) is 140 Å². The van der Waals surface area contributed by atoms with Crippen molar-refractivity contribution in [2.24, 2.45) is 35.5 Å². The van der Waals surface area contributed by atoms with Crippen molar-refractivity contribution in [1.29, 1.82) is 0 Å². The van der Waals surface area contributed by atoms with Gasteiger partial charge >= 0.3 is 0 Å². The summed E-state index contributed by atoms with van der Waals surface area (Å²) in [7, 11) is 0. The Morgan fingerprint density at radius 3 is 1.63 bits per heavy atom. The molecular formula is C50H69B2N5. The molecule has 300 valence electrons. The van der Waals surface area contributed by atoms with Crippen LogP contribution in [0.15, 0.2) is 24.4 Å². The first kappa shape index (κ1) is 32.8. The molecule has 9 aliphatic heterocycles. The van der Waals surface area contributed by atoms with Gasteiger partial charge in [0.15, 0.2) is 13.4 Å². The van der Waals surface area contributed by atoms with Crippen molar-refractivity contribution in [2.75, 3.05) is 0 Å². The first-order valence-electron chi connectivity index (χ1n) is 26.3. The molecule has 0 amide bonds. The summed E-state index contributed by atoms with van der Waals surface area (Å²) in [5.41, 5.74) is 1.45. The van der Waals surface area contributed by atoms with Crippen LogP contribution in [-0.2, 0) is 0 Å². The molecule has 57 heavy (non-hydrogen) atoms. The van der Waals surface area contributed by atoms with Gasteiger partial charge in [-0.15, -0.1) is 0 Å². The second-order valence-corrected chi connectivity index (χ2v) is 25.1. The summed E-state index contributed by atoms with van der Waals surface area (Å²) in [5.74, 6) is 12.7. The largest absolute Gasteiger partial charge is 0.292 e. The lowest BCUT2D eigenvalue weighted by molar-refractivity contribution is -0.253. The molecule has 0 aromatic carbocycles. The molecule has 25 unspecified atom stereocenters. The van der Waals surface area contributed by atoms with E-state index in [2.05, 4.69) is 44.0 Å². The summed E-state index contributed by atoms with van der Waals surface area (Å²) in [6, 6.07) is 17.6. The fourth-order valence-electron chi connectivity index (χ4n) is 24.3. The molecule has 0 bridgehead atoms. The molecule has 7 aliphatic carbocycles. The van der Waals surface area contributed by atoms with Crippen LogP contribution in [-0.4, -0.2) is 111 Å². The third-order valence-corrected chi connectivity index (χ3v) is 24.5. The number of aromatic nitrogens is 1. The van der Waals surface area contributed by atoms with Crippen LogP contribution in [0.25, 0.3) is 0 Å². The van der Waals surface area contributed by atoms with E-state index in [0.717, 1.165) is 156 Å². The second kappa shape index (κ2) is 11.2. The number of hydrogen-bond acceptors (Lipinski definition) is 5. The molecule has 10 heterocycles. The van der Waals surface area contributed by atoms with E-state index in [9.17, 15) is 0 Å². The Balaban J connectivity index is 0.931. The van der Waals surface area contributed by atoms with E-state index in [0.29, 0.717) is 5.92 Å². The van der Waals surface area contributed by atoms with Gasteiger partial charge in [0.2, 0.25) is 0 Å². The molecule has 16 aliphatic rings. The van der Waals surface area contributed by atoms with E-state index < -0.39 is 0 Å². The summed E-state index contributed by atoms with van der Waals surface area (Å²) in [6.45, 7) is 2.03. The number of hydrogen-bond donors (Lipinski definition) is 0. The van der Waals surface area contributed by atoms with Gasteiger partial charge in [0.25, 0.3) is 0 Å². The molecule has 0 N–H and O–H groups in total. The van der Waals surface area contributed by atoms with E-state index >= 15 is 0 Å². The molecule has 1 aromatic rings. The zero-order valence-electron chi connectivity index (χ0n) is 34.8. The van der Waals surface area contributed by atoms with Crippen molar-refractivity contribution in [2.45, 2.75) is 242 Å². The second-order valence-electron chi connectivity index (χ2n) is 25.1. The average Bonchev–Trinajstić information content (AvgIpc) is 3.27. The number of fused-ring (bicyclic) bond motifs is 8. The van der Waals surface area contributed by atoms with Crippen LogP contribution in [0.3, 0.4) is 0 Å². The maximum atomic E-state index is 5.14. The van der Waals surface area contributed by atoms with Gasteiger partial charge in [0, 0.05) is 90.3 Å². The fourth-order valence-corrected chi connectivity index (χ4v) is 24.3. The number of pyridine rings is 1. The van der Waals surface area contributed by atoms with Crippen LogP contribution in [0.2, 0.25) is 34.9 Å². The molecule has 0 spiro atoms. The first-order chi connectivity index (χ1) is 28.3. The molecule has 1 aromatic heterocycles. The van der Waals surface area contributed by atoms with Gasteiger partial charge in [0.1, 0.15) is 0 Å². The van der Waals surface area contributed by atoms with Crippen molar-refractivity contribution in [3.05, 3.63) is 30.1 Å². The smallest absolute Gasteiger partial charge is 0.157 e. The van der Waals surface area contributed by atoms with Gasteiger partial charge in [-0.05, 0) is 166 Å². The van der Waals surface area contributed by atoms with Crippen LogP contribution in [0.4, 0.5) is 0 Å². The zero-order valence-corrected chi connectivity index (χ0v) is 34.8. The zero-order chi connectivity index (χ0) is 36.2. The Kier molecular flexibility index (Phi) is 6.43. The number of rotatable bonds is 1. The van der Waals surface area contributed by atoms with Gasteiger partial charge in [-0.25, -0.2) is 0 Å².